The fourth-order valence-electron chi connectivity index (χ4n) is 4.97. The van der Waals surface area contributed by atoms with Crippen molar-refractivity contribution in [3.63, 3.8) is 0 Å². The molecule has 4 nitrogen and oxygen atoms in total. The molecular formula is C20H29N4S+. The van der Waals surface area contributed by atoms with E-state index in [1.807, 2.05) is 0 Å². The Balaban J connectivity index is 1.63. The van der Waals surface area contributed by atoms with Crippen molar-refractivity contribution in [2.45, 2.75) is 65.1 Å². The number of piperidine rings is 1. The Bertz CT molecular complexity index is 804. The van der Waals surface area contributed by atoms with E-state index in [2.05, 4.69) is 47.4 Å². The van der Waals surface area contributed by atoms with Gasteiger partial charge in [0, 0.05) is 5.92 Å². The van der Waals surface area contributed by atoms with E-state index in [1.54, 1.807) is 4.90 Å². The zero-order chi connectivity index (χ0) is 17.4. The number of hydrogen-bond acceptors (Lipinski definition) is 2. The summed E-state index contributed by atoms with van der Waals surface area (Å²) < 4.78 is 5.03. The van der Waals surface area contributed by atoms with Crippen LogP contribution in [0.25, 0.3) is 5.69 Å². The van der Waals surface area contributed by atoms with E-state index in [-0.39, 0.29) is 0 Å². The molecule has 134 valence electrons. The highest BCUT2D eigenvalue weighted by atomic mass is 32.1. The molecule has 1 aromatic heterocycles. The fourth-order valence-corrected chi connectivity index (χ4v) is 5.30. The number of rotatable bonds is 3. The van der Waals surface area contributed by atoms with Crippen LogP contribution < -0.4 is 4.90 Å². The normalized spacial score (nSPS) is 26.4. The molecule has 1 saturated heterocycles. The average Bonchev–Trinajstić information content (AvgIpc) is 2.90. The molecule has 1 aromatic carbocycles. The van der Waals surface area contributed by atoms with Gasteiger partial charge < -0.3 is 4.90 Å². The predicted molar refractivity (Wildman–Crippen MR) is 103 cm³/mol. The number of para-hydroxylation sites is 1. The predicted octanol–water partition coefficient (Wildman–Crippen LogP) is 3.22. The third kappa shape index (κ3) is 3.20. The van der Waals surface area contributed by atoms with E-state index in [9.17, 15) is 0 Å². The summed E-state index contributed by atoms with van der Waals surface area (Å²) in [5.74, 6) is 1.90. The summed E-state index contributed by atoms with van der Waals surface area (Å²) in [6.45, 7) is 6.38. The number of nitrogens with one attached hydrogen (secondary N) is 1. The molecule has 1 saturated carbocycles. The van der Waals surface area contributed by atoms with Crippen LogP contribution in [0, 0.1) is 24.5 Å². The average molecular weight is 358 g/mol. The van der Waals surface area contributed by atoms with E-state index >= 15 is 0 Å². The maximum absolute atomic E-state index is 5.82. The van der Waals surface area contributed by atoms with Gasteiger partial charge in [0.25, 0.3) is 0 Å². The molecule has 2 aliphatic rings. The molecule has 2 fully saturated rings. The summed E-state index contributed by atoms with van der Waals surface area (Å²) in [5, 5.41) is 4.81. The second-order valence-corrected chi connectivity index (χ2v) is 8.18. The lowest BCUT2D eigenvalue weighted by Gasteiger charge is -2.40. The number of quaternary nitrogens is 1. The Hall–Kier alpha value is -1.46. The minimum absolute atomic E-state index is 0.813. The third-order valence-electron chi connectivity index (χ3n) is 6.22. The van der Waals surface area contributed by atoms with Crippen molar-refractivity contribution >= 4 is 12.2 Å². The number of aromatic nitrogens is 3. The first-order valence-corrected chi connectivity index (χ1v) is 10.1. The molecule has 25 heavy (non-hydrogen) atoms. The van der Waals surface area contributed by atoms with Crippen molar-refractivity contribution < 1.29 is 4.90 Å². The van der Waals surface area contributed by atoms with Crippen molar-refractivity contribution in [2.75, 3.05) is 6.54 Å². The first kappa shape index (κ1) is 17.0. The van der Waals surface area contributed by atoms with Crippen LogP contribution in [-0.4, -0.2) is 26.9 Å². The second-order valence-electron chi connectivity index (χ2n) is 7.81. The Labute approximate surface area is 155 Å². The van der Waals surface area contributed by atoms with Gasteiger partial charge in [0.2, 0.25) is 4.77 Å². The highest BCUT2D eigenvalue weighted by Crippen LogP contribution is 2.28. The fraction of sp³-hybridized carbons (Fsp3) is 0.600. The monoisotopic (exact) mass is 357 g/mol. The molecule has 1 aliphatic heterocycles. The molecule has 0 amide bonds. The first-order valence-electron chi connectivity index (χ1n) is 9.72. The SMILES string of the molecule is Cc1ccccc1-n1c(C)nn(C[NH+]2CCC[C@@H]3CCCC[C@@H]32)c1=S. The van der Waals surface area contributed by atoms with E-state index < -0.39 is 0 Å². The summed E-state index contributed by atoms with van der Waals surface area (Å²) in [5.41, 5.74) is 2.39. The molecule has 0 bridgehead atoms. The maximum Gasteiger partial charge on any atom is 0.207 e. The Morgan fingerprint density at radius 1 is 1.12 bits per heavy atom. The van der Waals surface area contributed by atoms with Gasteiger partial charge in [-0.25, -0.2) is 0 Å². The van der Waals surface area contributed by atoms with Crippen molar-refractivity contribution in [1.82, 2.24) is 14.3 Å². The number of benzene rings is 1. The van der Waals surface area contributed by atoms with Crippen molar-refractivity contribution in [2.24, 2.45) is 5.92 Å². The molecule has 1 N–H and O–H groups in total. The summed E-state index contributed by atoms with van der Waals surface area (Å²) in [4.78, 5) is 1.70. The topological polar surface area (TPSA) is 27.2 Å². The highest BCUT2D eigenvalue weighted by molar-refractivity contribution is 7.71. The van der Waals surface area contributed by atoms with Gasteiger partial charge in [-0.1, -0.05) is 24.6 Å². The van der Waals surface area contributed by atoms with Crippen molar-refractivity contribution in [3.8, 4) is 5.69 Å². The Kier molecular flexibility index (Phi) is 4.78. The zero-order valence-electron chi connectivity index (χ0n) is 15.4. The van der Waals surface area contributed by atoms with E-state index in [0.29, 0.717) is 0 Å². The molecule has 4 rings (SSSR count). The van der Waals surface area contributed by atoms with Gasteiger partial charge in [0.1, 0.15) is 5.82 Å². The van der Waals surface area contributed by atoms with Crippen LogP contribution in [0.3, 0.4) is 0 Å². The highest BCUT2D eigenvalue weighted by Gasteiger charge is 2.36. The lowest BCUT2D eigenvalue weighted by molar-refractivity contribution is -0.958. The molecule has 0 radical (unpaired) electrons. The molecule has 1 unspecified atom stereocenters. The smallest absolute Gasteiger partial charge is 0.207 e. The summed E-state index contributed by atoms with van der Waals surface area (Å²) in [7, 11) is 0. The van der Waals surface area contributed by atoms with Crippen LogP contribution >= 0.6 is 12.2 Å². The molecule has 1 aliphatic carbocycles. The number of fused-ring (bicyclic) bond motifs is 1. The molecule has 2 heterocycles. The van der Waals surface area contributed by atoms with Gasteiger partial charge >= 0.3 is 0 Å². The minimum atomic E-state index is 0.813. The Morgan fingerprint density at radius 2 is 1.88 bits per heavy atom. The number of likely N-dealkylation sites (tertiary alicyclic amines) is 1. The van der Waals surface area contributed by atoms with Gasteiger partial charge in [-0.05, 0) is 69.8 Å². The lowest BCUT2D eigenvalue weighted by Crippen LogP contribution is -3.17. The van der Waals surface area contributed by atoms with Crippen molar-refractivity contribution in [1.29, 1.82) is 0 Å². The summed E-state index contributed by atoms with van der Waals surface area (Å²) >= 11 is 5.82. The molecular weight excluding hydrogens is 328 g/mol. The molecule has 3 atom stereocenters. The standard InChI is InChI=1S/C20H28N4S/c1-15-8-3-5-11-18(15)24-16(2)21-23(20(24)25)14-22-13-7-10-17-9-4-6-12-19(17)22/h3,5,8,11,17,19H,4,6-7,9-10,12-14H2,1-2H3/p+1/t17-,19-/m0/s1. The van der Waals surface area contributed by atoms with E-state index in [1.165, 1.54) is 50.6 Å². The first-order chi connectivity index (χ1) is 12.1. The lowest BCUT2D eigenvalue weighted by atomic mass is 9.78. The van der Waals surface area contributed by atoms with Crippen LogP contribution in [-0.2, 0) is 6.67 Å². The number of nitrogens with zero attached hydrogens (tertiary/aromatic N) is 3. The third-order valence-corrected chi connectivity index (χ3v) is 6.61. The van der Waals surface area contributed by atoms with Crippen LogP contribution in [0.5, 0.6) is 0 Å². The van der Waals surface area contributed by atoms with Crippen LogP contribution in [0.15, 0.2) is 24.3 Å². The van der Waals surface area contributed by atoms with Crippen LogP contribution in [0.4, 0.5) is 0 Å². The van der Waals surface area contributed by atoms with Gasteiger partial charge in [-0.2, -0.15) is 9.78 Å². The van der Waals surface area contributed by atoms with Gasteiger partial charge in [-0.3, -0.25) is 4.57 Å². The maximum atomic E-state index is 5.82. The largest absolute Gasteiger partial charge is 0.314 e. The molecule has 2 aromatic rings. The van der Waals surface area contributed by atoms with Crippen LogP contribution in [0.2, 0.25) is 0 Å². The van der Waals surface area contributed by atoms with E-state index in [0.717, 1.165) is 34.9 Å². The van der Waals surface area contributed by atoms with E-state index in [4.69, 9.17) is 17.3 Å². The van der Waals surface area contributed by atoms with Crippen molar-refractivity contribution in [3.05, 3.63) is 40.4 Å². The van der Waals surface area contributed by atoms with Gasteiger partial charge in [0.05, 0.1) is 18.3 Å². The zero-order valence-corrected chi connectivity index (χ0v) is 16.2. The summed E-state index contributed by atoms with van der Waals surface area (Å²) in [6.07, 6.45) is 8.40. The molecule has 0 spiro atoms. The van der Waals surface area contributed by atoms with Gasteiger partial charge in [0.15, 0.2) is 6.67 Å². The minimum Gasteiger partial charge on any atom is -0.314 e. The Morgan fingerprint density at radius 3 is 2.72 bits per heavy atom. The van der Waals surface area contributed by atoms with Gasteiger partial charge in [-0.15, -0.1) is 0 Å². The molecule has 5 heteroatoms. The summed E-state index contributed by atoms with van der Waals surface area (Å²) in [6, 6.07) is 9.23. The van der Waals surface area contributed by atoms with Crippen LogP contribution in [0.1, 0.15) is 49.9 Å². The quantitative estimate of drug-likeness (QED) is 0.854. The second kappa shape index (κ2) is 7.04. The number of aryl methyl sites for hydroxylation is 2. The number of hydrogen-bond donors (Lipinski definition) is 1.